The molecule has 3 rings (SSSR count). The fourth-order valence-corrected chi connectivity index (χ4v) is 3.16. The fourth-order valence-electron chi connectivity index (χ4n) is 2.46. The number of carbonyl (C=O) groups is 2. The summed E-state index contributed by atoms with van der Waals surface area (Å²) in [5.41, 5.74) is 3.71. The number of halogens is 1. The van der Waals surface area contributed by atoms with Crippen molar-refractivity contribution >= 4 is 51.7 Å². The summed E-state index contributed by atoms with van der Waals surface area (Å²) in [6.45, 7) is 2.04. The van der Waals surface area contributed by atoms with Crippen molar-refractivity contribution in [1.82, 2.24) is 5.43 Å². The van der Waals surface area contributed by atoms with Gasteiger partial charge in [-0.3, -0.25) is 4.79 Å². The third-order valence-electron chi connectivity index (χ3n) is 3.71. The van der Waals surface area contributed by atoms with E-state index in [1.807, 2.05) is 29.5 Å². The Morgan fingerprint density at radius 1 is 1.21 bits per heavy atom. The molecule has 0 radical (unpaired) electrons. The molecule has 3 aromatic rings. The number of hydrogen-bond donors (Lipinski definition) is 2. The SMILES string of the molecule is CCOc1ccc2oc(C(=O)N/N=C/c3ccc(OCC(=O)O)c(I)c3)cc2c1. The molecule has 0 spiro atoms. The first-order valence-electron chi connectivity index (χ1n) is 8.60. The molecule has 0 aliphatic rings. The largest absolute Gasteiger partial charge is 0.494 e. The van der Waals surface area contributed by atoms with Crippen molar-refractivity contribution in [2.24, 2.45) is 5.10 Å². The molecule has 29 heavy (non-hydrogen) atoms. The van der Waals surface area contributed by atoms with Gasteiger partial charge in [0.15, 0.2) is 12.4 Å². The number of ether oxygens (including phenoxy) is 2. The van der Waals surface area contributed by atoms with Crippen molar-refractivity contribution in [1.29, 1.82) is 0 Å². The number of aliphatic carboxylic acids is 1. The zero-order valence-corrected chi connectivity index (χ0v) is 17.5. The van der Waals surface area contributed by atoms with Crippen molar-refractivity contribution in [2.75, 3.05) is 13.2 Å². The van der Waals surface area contributed by atoms with Crippen molar-refractivity contribution in [2.45, 2.75) is 6.92 Å². The van der Waals surface area contributed by atoms with E-state index in [2.05, 4.69) is 10.5 Å². The highest BCUT2D eigenvalue weighted by atomic mass is 127. The molecule has 150 valence electrons. The molecule has 2 aromatic carbocycles. The summed E-state index contributed by atoms with van der Waals surface area (Å²) >= 11 is 2.03. The van der Waals surface area contributed by atoms with E-state index in [4.69, 9.17) is 19.0 Å². The van der Waals surface area contributed by atoms with Crippen LogP contribution in [0, 0.1) is 3.57 Å². The maximum Gasteiger partial charge on any atom is 0.341 e. The van der Waals surface area contributed by atoms with Crippen LogP contribution in [0.15, 0.2) is 52.0 Å². The second kappa shape index (κ2) is 9.41. The topological polar surface area (TPSA) is 110 Å². The summed E-state index contributed by atoms with van der Waals surface area (Å²) in [5, 5.41) is 13.4. The zero-order chi connectivity index (χ0) is 20.8. The number of fused-ring (bicyclic) bond motifs is 1. The first kappa shape index (κ1) is 20.6. The highest BCUT2D eigenvalue weighted by molar-refractivity contribution is 14.1. The highest BCUT2D eigenvalue weighted by Gasteiger charge is 2.12. The van der Waals surface area contributed by atoms with Gasteiger partial charge in [0.25, 0.3) is 0 Å². The smallest absolute Gasteiger partial charge is 0.341 e. The van der Waals surface area contributed by atoms with Gasteiger partial charge in [-0.25, -0.2) is 10.2 Å². The molecule has 9 heteroatoms. The first-order chi connectivity index (χ1) is 14.0. The Balaban J connectivity index is 1.64. The number of rotatable bonds is 8. The molecule has 0 fully saturated rings. The van der Waals surface area contributed by atoms with Gasteiger partial charge in [0.1, 0.15) is 17.1 Å². The van der Waals surface area contributed by atoms with Crippen LogP contribution in [0.5, 0.6) is 11.5 Å². The van der Waals surface area contributed by atoms with Gasteiger partial charge in [0, 0.05) is 5.39 Å². The second-order valence-electron chi connectivity index (χ2n) is 5.81. The van der Waals surface area contributed by atoms with Crippen LogP contribution in [-0.2, 0) is 4.79 Å². The summed E-state index contributed by atoms with van der Waals surface area (Å²) in [6.07, 6.45) is 1.47. The number of hydrazone groups is 1. The molecule has 0 aliphatic carbocycles. The maximum absolute atomic E-state index is 12.3. The van der Waals surface area contributed by atoms with E-state index in [-0.39, 0.29) is 5.76 Å². The van der Waals surface area contributed by atoms with Crippen molar-refractivity contribution < 1.29 is 28.6 Å². The van der Waals surface area contributed by atoms with Crippen LogP contribution in [-0.4, -0.2) is 36.4 Å². The third-order valence-corrected chi connectivity index (χ3v) is 4.55. The summed E-state index contributed by atoms with van der Waals surface area (Å²) in [5.74, 6) is -0.225. The molecule has 1 heterocycles. The zero-order valence-electron chi connectivity index (χ0n) is 15.3. The highest BCUT2D eigenvalue weighted by Crippen LogP contribution is 2.24. The van der Waals surface area contributed by atoms with E-state index >= 15 is 0 Å². The number of furan rings is 1. The normalized spacial score (nSPS) is 11.0. The monoisotopic (exact) mass is 508 g/mol. The van der Waals surface area contributed by atoms with Crippen molar-refractivity contribution in [3.63, 3.8) is 0 Å². The van der Waals surface area contributed by atoms with Crippen molar-refractivity contribution in [3.8, 4) is 11.5 Å². The molecular formula is C20H17IN2O6. The Morgan fingerprint density at radius 3 is 2.76 bits per heavy atom. The molecule has 1 aromatic heterocycles. The van der Waals surface area contributed by atoms with Crippen LogP contribution < -0.4 is 14.9 Å². The van der Waals surface area contributed by atoms with Gasteiger partial charge in [-0.05, 0) is 77.5 Å². The Bertz CT molecular complexity index is 1080. The number of amides is 1. The number of hydrogen-bond acceptors (Lipinski definition) is 6. The Labute approximate surface area is 179 Å². The number of nitrogens with one attached hydrogen (secondary N) is 1. The Morgan fingerprint density at radius 2 is 2.03 bits per heavy atom. The minimum atomic E-state index is -1.05. The molecule has 0 saturated heterocycles. The summed E-state index contributed by atoms with van der Waals surface area (Å²) in [6, 6.07) is 12.0. The van der Waals surface area contributed by atoms with Crippen LogP contribution in [0.2, 0.25) is 0 Å². The van der Waals surface area contributed by atoms with Gasteiger partial charge in [-0.2, -0.15) is 5.10 Å². The van der Waals surface area contributed by atoms with Gasteiger partial charge >= 0.3 is 11.9 Å². The lowest BCUT2D eigenvalue weighted by atomic mass is 10.2. The molecule has 2 N–H and O–H groups in total. The molecule has 0 saturated carbocycles. The third kappa shape index (κ3) is 5.47. The van der Waals surface area contributed by atoms with E-state index in [0.29, 0.717) is 29.3 Å². The summed E-state index contributed by atoms with van der Waals surface area (Å²) < 4.78 is 16.9. The lowest BCUT2D eigenvalue weighted by molar-refractivity contribution is -0.139. The van der Waals surface area contributed by atoms with Gasteiger partial charge in [0.2, 0.25) is 0 Å². The van der Waals surface area contributed by atoms with Crippen LogP contribution in [0.1, 0.15) is 23.0 Å². The number of nitrogens with zero attached hydrogens (tertiary/aromatic N) is 1. The molecule has 0 unspecified atom stereocenters. The maximum atomic E-state index is 12.3. The van der Waals surface area contributed by atoms with E-state index in [1.54, 1.807) is 42.5 Å². The molecule has 8 nitrogen and oxygen atoms in total. The van der Waals surface area contributed by atoms with Crippen LogP contribution >= 0.6 is 22.6 Å². The van der Waals surface area contributed by atoms with Crippen molar-refractivity contribution in [3.05, 3.63) is 57.4 Å². The first-order valence-corrected chi connectivity index (χ1v) is 9.68. The minimum absolute atomic E-state index is 0.137. The van der Waals surface area contributed by atoms with Gasteiger partial charge in [-0.1, -0.05) is 0 Å². The minimum Gasteiger partial charge on any atom is -0.494 e. The van der Waals surface area contributed by atoms with Gasteiger partial charge in [-0.15, -0.1) is 0 Å². The standard InChI is InChI=1S/C20H17IN2O6/c1-2-27-14-4-6-16-13(8-14)9-18(29-16)20(26)23-22-10-12-3-5-17(15(21)7-12)28-11-19(24)25/h3-10H,2,11H2,1H3,(H,23,26)(H,24,25)/b22-10+. The van der Waals surface area contributed by atoms with Gasteiger partial charge in [0.05, 0.1) is 16.4 Å². The van der Waals surface area contributed by atoms with Crippen LogP contribution in [0.3, 0.4) is 0 Å². The molecular weight excluding hydrogens is 491 g/mol. The molecule has 0 aliphatic heterocycles. The van der Waals surface area contributed by atoms with E-state index in [1.165, 1.54) is 6.21 Å². The van der Waals surface area contributed by atoms with E-state index in [9.17, 15) is 9.59 Å². The van der Waals surface area contributed by atoms with Crippen LogP contribution in [0.4, 0.5) is 0 Å². The lowest BCUT2D eigenvalue weighted by Crippen LogP contribution is -2.16. The van der Waals surface area contributed by atoms with E-state index in [0.717, 1.165) is 8.96 Å². The van der Waals surface area contributed by atoms with E-state index < -0.39 is 18.5 Å². The molecule has 1 amide bonds. The average molecular weight is 508 g/mol. The summed E-state index contributed by atoms with van der Waals surface area (Å²) in [4.78, 5) is 22.8. The number of carboxylic acids is 1. The average Bonchev–Trinajstić information content (AvgIpc) is 3.11. The molecule has 0 bridgehead atoms. The Hall–Kier alpha value is -3.08. The van der Waals surface area contributed by atoms with Crippen LogP contribution in [0.25, 0.3) is 11.0 Å². The lowest BCUT2D eigenvalue weighted by Gasteiger charge is -2.06. The number of carbonyl (C=O) groups excluding carboxylic acids is 1. The quantitative estimate of drug-likeness (QED) is 0.273. The molecule has 0 atom stereocenters. The predicted octanol–water partition coefficient (Wildman–Crippen LogP) is 3.66. The fraction of sp³-hybridized carbons (Fsp3) is 0.150. The number of benzene rings is 2. The number of carboxylic acid groups (broad SMARTS) is 1. The predicted molar refractivity (Wildman–Crippen MR) is 115 cm³/mol. The second-order valence-corrected chi connectivity index (χ2v) is 6.98. The Kier molecular flexibility index (Phi) is 6.70. The summed E-state index contributed by atoms with van der Waals surface area (Å²) in [7, 11) is 0. The van der Waals surface area contributed by atoms with Gasteiger partial charge < -0.3 is 19.0 Å².